The average molecular weight is 306 g/mol. The number of likely N-dealkylation sites (tertiary alicyclic amines) is 1. The number of nitrogens with two attached hydrogens (primary N) is 2. The van der Waals surface area contributed by atoms with Crippen molar-refractivity contribution < 1.29 is 13.2 Å². The van der Waals surface area contributed by atoms with Crippen LogP contribution in [0.5, 0.6) is 0 Å². The van der Waals surface area contributed by atoms with E-state index in [1.807, 2.05) is 13.8 Å². The first-order chi connectivity index (χ1) is 9.19. The van der Waals surface area contributed by atoms with Crippen LogP contribution >= 0.6 is 0 Å². The Bertz CT molecular complexity index is 424. The number of hydrogen-bond donors (Lipinski definition) is 3. The maximum absolute atomic E-state index is 12.2. The van der Waals surface area contributed by atoms with Gasteiger partial charge in [-0.3, -0.25) is 4.79 Å². The van der Waals surface area contributed by atoms with Crippen molar-refractivity contribution in [2.75, 3.05) is 19.6 Å². The molecular formula is C12H26N4O3S. The maximum atomic E-state index is 12.2. The molecule has 1 fully saturated rings. The summed E-state index contributed by atoms with van der Waals surface area (Å²) in [5.41, 5.74) is 5.91. The summed E-state index contributed by atoms with van der Waals surface area (Å²) >= 11 is 0. The van der Waals surface area contributed by atoms with E-state index in [1.54, 1.807) is 4.90 Å². The lowest BCUT2D eigenvalue weighted by atomic mass is 9.96. The Morgan fingerprint density at radius 1 is 1.45 bits per heavy atom. The van der Waals surface area contributed by atoms with E-state index < -0.39 is 16.3 Å². The summed E-state index contributed by atoms with van der Waals surface area (Å²) in [6, 6.07) is -0.472. The number of nitrogens with zero attached hydrogens (tertiary/aromatic N) is 1. The van der Waals surface area contributed by atoms with Crippen molar-refractivity contribution in [1.82, 2.24) is 9.62 Å². The lowest BCUT2D eigenvalue weighted by Gasteiger charge is -2.34. The molecule has 7 nitrogen and oxygen atoms in total. The minimum absolute atomic E-state index is 0.0426. The van der Waals surface area contributed by atoms with E-state index in [-0.39, 0.29) is 18.4 Å². The Labute approximate surface area is 121 Å². The highest BCUT2D eigenvalue weighted by Gasteiger charge is 2.27. The number of carbonyl (C=O) groups excluding carboxylic acids is 1. The van der Waals surface area contributed by atoms with Crippen LogP contribution in [-0.4, -0.2) is 44.9 Å². The van der Waals surface area contributed by atoms with Gasteiger partial charge in [0.15, 0.2) is 0 Å². The van der Waals surface area contributed by atoms with Crippen LogP contribution in [0.1, 0.15) is 33.1 Å². The number of piperidine rings is 1. The van der Waals surface area contributed by atoms with Gasteiger partial charge in [-0.05, 0) is 31.1 Å². The van der Waals surface area contributed by atoms with Crippen molar-refractivity contribution in [2.45, 2.75) is 39.2 Å². The normalized spacial score (nSPS) is 22.1. The zero-order valence-corrected chi connectivity index (χ0v) is 13.0. The van der Waals surface area contributed by atoms with E-state index >= 15 is 0 Å². The van der Waals surface area contributed by atoms with E-state index in [4.69, 9.17) is 10.9 Å². The predicted molar refractivity (Wildman–Crippen MR) is 77.8 cm³/mol. The molecule has 1 aliphatic heterocycles. The number of amides is 1. The molecule has 20 heavy (non-hydrogen) atoms. The molecule has 0 aliphatic carbocycles. The van der Waals surface area contributed by atoms with Gasteiger partial charge in [-0.1, -0.05) is 13.8 Å². The summed E-state index contributed by atoms with van der Waals surface area (Å²) in [4.78, 5) is 14.0. The molecule has 1 heterocycles. The molecule has 1 unspecified atom stereocenters. The molecule has 118 valence electrons. The summed E-state index contributed by atoms with van der Waals surface area (Å²) in [7, 11) is -3.67. The Balaban J connectivity index is 2.49. The maximum Gasteiger partial charge on any atom is 0.274 e. The number of hydrogen-bond acceptors (Lipinski definition) is 4. The molecule has 0 radical (unpaired) electrons. The third-order valence-corrected chi connectivity index (χ3v) is 4.02. The molecule has 5 N–H and O–H groups in total. The lowest BCUT2D eigenvalue weighted by molar-refractivity contribution is -0.134. The zero-order valence-electron chi connectivity index (χ0n) is 12.2. The highest BCUT2D eigenvalue weighted by atomic mass is 32.2. The van der Waals surface area contributed by atoms with Gasteiger partial charge in [0.1, 0.15) is 0 Å². The van der Waals surface area contributed by atoms with Gasteiger partial charge in [-0.15, -0.1) is 0 Å². The van der Waals surface area contributed by atoms with Crippen molar-refractivity contribution in [3.63, 3.8) is 0 Å². The molecule has 0 saturated carbocycles. The summed E-state index contributed by atoms with van der Waals surface area (Å²) in [6.07, 6.45) is 2.40. The lowest BCUT2D eigenvalue weighted by Crippen LogP contribution is -2.50. The minimum Gasteiger partial charge on any atom is -0.341 e. The van der Waals surface area contributed by atoms with Crippen molar-refractivity contribution >= 4 is 16.1 Å². The molecule has 1 rings (SSSR count). The number of rotatable bonds is 6. The van der Waals surface area contributed by atoms with Gasteiger partial charge >= 0.3 is 0 Å². The monoisotopic (exact) mass is 306 g/mol. The van der Waals surface area contributed by atoms with Gasteiger partial charge in [0.05, 0.1) is 6.04 Å². The first-order valence-corrected chi connectivity index (χ1v) is 8.55. The molecule has 0 spiro atoms. The molecular weight excluding hydrogens is 280 g/mol. The second-order valence-electron chi connectivity index (χ2n) is 5.92. The Morgan fingerprint density at radius 2 is 2.10 bits per heavy atom. The molecule has 8 heteroatoms. The van der Waals surface area contributed by atoms with Gasteiger partial charge in [-0.2, -0.15) is 8.42 Å². The van der Waals surface area contributed by atoms with Crippen LogP contribution in [0.2, 0.25) is 0 Å². The average Bonchev–Trinajstić information content (AvgIpc) is 2.34. The topological polar surface area (TPSA) is 119 Å². The van der Waals surface area contributed by atoms with E-state index in [9.17, 15) is 13.2 Å². The van der Waals surface area contributed by atoms with Crippen LogP contribution in [0.3, 0.4) is 0 Å². The summed E-state index contributed by atoms with van der Waals surface area (Å²) in [5.74, 6) is 0.426. The third kappa shape index (κ3) is 6.17. The second kappa shape index (κ2) is 7.35. The standard InChI is InChI=1S/C12H26N4O3S/c1-9(2)6-11(13)12(17)16-5-3-4-10(8-16)7-15-20(14,18)19/h9-11,15H,3-8,13H2,1-2H3,(H2,14,18,19)/t10?,11-/m0/s1. The summed E-state index contributed by atoms with van der Waals surface area (Å²) in [6.45, 7) is 5.55. The van der Waals surface area contributed by atoms with Crippen molar-refractivity contribution in [3.8, 4) is 0 Å². The van der Waals surface area contributed by atoms with Gasteiger partial charge in [0, 0.05) is 19.6 Å². The fourth-order valence-electron chi connectivity index (χ4n) is 2.51. The van der Waals surface area contributed by atoms with Crippen LogP contribution in [0.15, 0.2) is 0 Å². The van der Waals surface area contributed by atoms with Crippen LogP contribution in [-0.2, 0) is 15.0 Å². The van der Waals surface area contributed by atoms with Gasteiger partial charge in [0.25, 0.3) is 10.2 Å². The van der Waals surface area contributed by atoms with Gasteiger partial charge in [0.2, 0.25) is 5.91 Å². The van der Waals surface area contributed by atoms with E-state index in [1.165, 1.54) is 0 Å². The largest absolute Gasteiger partial charge is 0.341 e. The summed E-state index contributed by atoms with van der Waals surface area (Å²) < 4.78 is 24.1. The van der Waals surface area contributed by atoms with E-state index in [0.717, 1.165) is 12.8 Å². The first-order valence-electron chi connectivity index (χ1n) is 7.00. The molecule has 1 saturated heterocycles. The second-order valence-corrected chi connectivity index (χ2v) is 7.30. The highest BCUT2D eigenvalue weighted by Crippen LogP contribution is 2.17. The molecule has 1 amide bonds. The molecule has 0 aromatic carbocycles. The highest BCUT2D eigenvalue weighted by molar-refractivity contribution is 7.87. The molecule has 0 bridgehead atoms. The number of carbonyl (C=O) groups is 1. The van der Waals surface area contributed by atoms with Crippen LogP contribution < -0.4 is 15.6 Å². The molecule has 0 aromatic heterocycles. The van der Waals surface area contributed by atoms with Gasteiger partial charge in [-0.25, -0.2) is 9.86 Å². The van der Waals surface area contributed by atoms with Crippen LogP contribution in [0.4, 0.5) is 0 Å². The van der Waals surface area contributed by atoms with Crippen LogP contribution in [0.25, 0.3) is 0 Å². The first kappa shape index (κ1) is 17.4. The predicted octanol–water partition coefficient (Wildman–Crippen LogP) is -0.608. The quantitative estimate of drug-likeness (QED) is 0.606. The van der Waals surface area contributed by atoms with Crippen molar-refractivity contribution in [1.29, 1.82) is 0 Å². The SMILES string of the molecule is CC(C)C[C@H](N)C(=O)N1CCCC(CNS(N)(=O)=O)C1. The fraction of sp³-hybridized carbons (Fsp3) is 0.917. The van der Waals surface area contributed by atoms with Crippen molar-refractivity contribution in [3.05, 3.63) is 0 Å². The number of nitrogens with one attached hydrogen (secondary N) is 1. The molecule has 0 aromatic rings. The molecule has 2 atom stereocenters. The van der Waals surface area contributed by atoms with Gasteiger partial charge < -0.3 is 10.6 Å². The van der Waals surface area contributed by atoms with Crippen molar-refractivity contribution in [2.24, 2.45) is 22.7 Å². The smallest absolute Gasteiger partial charge is 0.274 e. The zero-order chi connectivity index (χ0) is 15.3. The third-order valence-electron chi connectivity index (χ3n) is 3.45. The Kier molecular flexibility index (Phi) is 6.38. The minimum atomic E-state index is -3.67. The Morgan fingerprint density at radius 3 is 2.65 bits per heavy atom. The van der Waals surface area contributed by atoms with Crippen LogP contribution in [0, 0.1) is 11.8 Å². The van der Waals surface area contributed by atoms with E-state index in [0.29, 0.717) is 25.4 Å². The molecule has 1 aliphatic rings. The van der Waals surface area contributed by atoms with E-state index in [2.05, 4.69) is 4.72 Å². The summed E-state index contributed by atoms with van der Waals surface area (Å²) in [5, 5.41) is 4.91. The Hall–Kier alpha value is -0.700. The fourth-order valence-corrected chi connectivity index (χ4v) is 2.98.